The molecule has 1 aromatic rings. The number of carboxylic acids is 1. The Bertz CT molecular complexity index is 333. The Hall–Kier alpha value is -1.61. The molecule has 0 bridgehead atoms. The average Bonchev–Trinajstić information content (AvgIpc) is 2.25. The number of rotatable bonds is 5. The fourth-order valence-electron chi connectivity index (χ4n) is 1.09. The molecule has 0 spiro atoms. The Labute approximate surface area is 89.4 Å². The van der Waals surface area contributed by atoms with Gasteiger partial charge in [-0.3, -0.25) is 4.79 Å². The molecule has 0 aliphatic heterocycles. The van der Waals surface area contributed by atoms with E-state index in [-0.39, 0.29) is 0 Å². The summed E-state index contributed by atoms with van der Waals surface area (Å²) in [4.78, 5) is 10.5. The zero-order valence-electron chi connectivity index (χ0n) is 8.68. The van der Waals surface area contributed by atoms with E-state index in [2.05, 4.69) is 5.32 Å². The highest BCUT2D eigenvalue weighted by atomic mass is 16.4. The number of hydrogen-bond donors (Lipinski definition) is 2. The van der Waals surface area contributed by atoms with Crippen molar-refractivity contribution >= 4 is 12.0 Å². The molecule has 0 fully saturated rings. The molecule has 1 aromatic carbocycles. The lowest BCUT2D eigenvalue weighted by Gasteiger charge is -2.05. The molecule has 2 N–H and O–H groups in total. The van der Waals surface area contributed by atoms with Crippen molar-refractivity contribution in [2.45, 2.75) is 13.0 Å². The number of nitrogens with one attached hydrogen (secondary N) is 1. The van der Waals surface area contributed by atoms with Crippen LogP contribution in [0.3, 0.4) is 0 Å². The van der Waals surface area contributed by atoms with Gasteiger partial charge in [-0.1, -0.05) is 42.5 Å². The molecule has 1 unspecified atom stereocenters. The summed E-state index contributed by atoms with van der Waals surface area (Å²) in [6.45, 7) is 2.18. The van der Waals surface area contributed by atoms with Gasteiger partial charge in [0.2, 0.25) is 0 Å². The van der Waals surface area contributed by atoms with Crippen LogP contribution in [0.4, 0.5) is 0 Å². The molecule has 1 rings (SSSR count). The van der Waals surface area contributed by atoms with Gasteiger partial charge in [0.1, 0.15) is 6.04 Å². The fraction of sp³-hybridized carbons (Fsp3) is 0.250. The largest absolute Gasteiger partial charge is 0.480 e. The molecule has 0 heterocycles. The fourth-order valence-corrected chi connectivity index (χ4v) is 1.09. The smallest absolute Gasteiger partial charge is 0.320 e. The Morgan fingerprint density at radius 3 is 2.73 bits per heavy atom. The van der Waals surface area contributed by atoms with E-state index in [0.29, 0.717) is 6.54 Å². The summed E-state index contributed by atoms with van der Waals surface area (Å²) in [5.74, 6) is -0.830. The van der Waals surface area contributed by atoms with Crippen molar-refractivity contribution in [2.75, 3.05) is 6.54 Å². The molecule has 3 heteroatoms. The second-order valence-electron chi connectivity index (χ2n) is 3.28. The highest BCUT2D eigenvalue weighted by Gasteiger charge is 2.06. The molecular weight excluding hydrogens is 190 g/mol. The van der Waals surface area contributed by atoms with E-state index >= 15 is 0 Å². The van der Waals surface area contributed by atoms with Gasteiger partial charge in [0.05, 0.1) is 0 Å². The summed E-state index contributed by atoms with van der Waals surface area (Å²) < 4.78 is 0. The molecule has 0 radical (unpaired) electrons. The minimum atomic E-state index is -0.830. The molecule has 0 aromatic heterocycles. The summed E-state index contributed by atoms with van der Waals surface area (Å²) in [7, 11) is 0. The van der Waals surface area contributed by atoms with Crippen LogP contribution in [-0.2, 0) is 4.79 Å². The van der Waals surface area contributed by atoms with Crippen LogP contribution in [0.5, 0.6) is 0 Å². The topological polar surface area (TPSA) is 49.3 Å². The lowest BCUT2D eigenvalue weighted by atomic mass is 10.2. The van der Waals surface area contributed by atoms with Gasteiger partial charge in [-0.25, -0.2) is 0 Å². The van der Waals surface area contributed by atoms with Crippen LogP contribution < -0.4 is 5.32 Å². The average molecular weight is 205 g/mol. The van der Waals surface area contributed by atoms with Crippen molar-refractivity contribution in [3.8, 4) is 0 Å². The standard InChI is InChI=1S/C12H15NO2/c1-10(12(14)15)13-9-5-8-11-6-3-2-4-7-11/h2-8,10,13H,9H2,1H3,(H,14,15)/b8-5+. The van der Waals surface area contributed by atoms with Crippen LogP contribution >= 0.6 is 0 Å². The van der Waals surface area contributed by atoms with Gasteiger partial charge >= 0.3 is 5.97 Å². The van der Waals surface area contributed by atoms with E-state index in [4.69, 9.17) is 5.11 Å². The van der Waals surface area contributed by atoms with Crippen LogP contribution in [0.15, 0.2) is 36.4 Å². The van der Waals surface area contributed by atoms with Crippen LogP contribution in [-0.4, -0.2) is 23.7 Å². The molecule has 3 nitrogen and oxygen atoms in total. The van der Waals surface area contributed by atoms with Crippen LogP contribution in [0, 0.1) is 0 Å². The predicted molar refractivity (Wildman–Crippen MR) is 60.6 cm³/mol. The van der Waals surface area contributed by atoms with Crippen molar-refractivity contribution in [1.29, 1.82) is 0 Å². The monoisotopic (exact) mass is 205 g/mol. The lowest BCUT2D eigenvalue weighted by molar-refractivity contribution is -0.138. The summed E-state index contributed by atoms with van der Waals surface area (Å²) in [6, 6.07) is 9.38. The quantitative estimate of drug-likeness (QED) is 0.770. The maximum absolute atomic E-state index is 10.5. The molecule has 0 amide bonds. The van der Waals surface area contributed by atoms with Crippen molar-refractivity contribution in [1.82, 2.24) is 5.32 Å². The number of aliphatic carboxylic acids is 1. The predicted octanol–water partition coefficient (Wildman–Crippen LogP) is 1.76. The Morgan fingerprint density at radius 2 is 2.13 bits per heavy atom. The normalized spacial score (nSPS) is 12.9. The van der Waals surface area contributed by atoms with Gasteiger partial charge < -0.3 is 10.4 Å². The molecule has 0 aliphatic rings. The highest BCUT2D eigenvalue weighted by molar-refractivity contribution is 5.72. The second-order valence-corrected chi connectivity index (χ2v) is 3.28. The maximum atomic E-state index is 10.5. The maximum Gasteiger partial charge on any atom is 0.320 e. The number of hydrogen-bond acceptors (Lipinski definition) is 2. The van der Waals surface area contributed by atoms with Gasteiger partial charge in [-0.05, 0) is 12.5 Å². The van der Waals surface area contributed by atoms with Crippen LogP contribution in [0.1, 0.15) is 12.5 Å². The Balaban J connectivity index is 2.32. The van der Waals surface area contributed by atoms with Gasteiger partial charge in [0.25, 0.3) is 0 Å². The van der Waals surface area contributed by atoms with Gasteiger partial charge in [0.15, 0.2) is 0 Å². The van der Waals surface area contributed by atoms with E-state index in [9.17, 15) is 4.79 Å². The third kappa shape index (κ3) is 4.42. The zero-order chi connectivity index (χ0) is 11.1. The zero-order valence-corrected chi connectivity index (χ0v) is 8.68. The molecule has 1 atom stereocenters. The molecule has 0 saturated heterocycles. The van der Waals surface area contributed by atoms with Crippen LogP contribution in [0.2, 0.25) is 0 Å². The van der Waals surface area contributed by atoms with E-state index in [1.165, 1.54) is 0 Å². The first-order chi connectivity index (χ1) is 7.20. The lowest BCUT2D eigenvalue weighted by Crippen LogP contribution is -2.33. The van der Waals surface area contributed by atoms with Crippen molar-refractivity contribution in [3.05, 3.63) is 42.0 Å². The third-order valence-electron chi connectivity index (χ3n) is 2.02. The molecule has 0 aliphatic carbocycles. The first kappa shape index (κ1) is 11.5. The number of carboxylic acid groups (broad SMARTS) is 1. The highest BCUT2D eigenvalue weighted by Crippen LogP contribution is 1.99. The molecular formula is C12H15NO2. The second kappa shape index (κ2) is 5.98. The summed E-state index contributed by atoms with van der Waals surface area (Å²) >= 11 is 0. The van der Waals surface area contributed by atoms with Crippen molar-refractivity contribution in [3.63, 3.8) is 0 Å². The number of carbonyl (C=O) groups is 1. The van der Waals surface area contributed by atoms with Gasteiger partial charge in [-0.2, -0.15) is 0 Å². The Kier molecular flexibility index (Phi) is 4.57. The first-order valence-electron chi connectivity index (χ1n) is 4.88. The number of benzene rings is 1. The first-order valence-corrected chi connectivity index (χ1v) is 4.88. The van der Waals surface area contributed by atoms with Crippen LogP contribution in [0.25, 0.3) is 6.08 Å². The molecule has 80 valence electrons. The van der Waals surface area contributed by atoms with Gasteiger partial charge in [-0.15, -0.1) is 0 Å². The Morgan fingerprint density at radius 1 is 1.47 bits per heavy atom. The van der Waals surface area contributed by atoms with E-state index < -0.39 is 12.0 Å². The van der Waals surface area contributed by atoms with E-state index in [0.717, 1.165) is 5.56 Å². The third-order valence-corrected chi connectivity index (χ3v) is 2.02. The molecule has 15 heavy (non-hydrogen) atoms. The molecule has 0 saturated carbocycles. The summed E-state index contributed by atoms with van der Waals surface area (Å²) in [5, 5.41) is 11.5. The SMILES string of the molecule is CC(NC/C=C/c1ccccc1)C(=O)O. The minimum Gasteiger partial charge on any atom is -0.480 e. The summed E-state index contributed by atoms with van der Waals surface area (Å²) in [5.41, 5.74) is 1.11. The van der Waals surface area contributed by atoms with E-state index in [1.807, 2.05) is 42.5 Å². The van der Waals surface area contributed by atoms with Crippen molar-refractivity contribution < 1.29 is 9.90 Å². The summed E-state index contributed by atoms with van der Waals surface area (Å²) in [6.07, 6.45) is 3.87. The van der Waals surface area contributed by atoms with E-state index in [1.54, 1.807) is 6.92 Å². The minimum absolute atomic E-state index is 0.509. The van der Waals surface area contributed by atoms with Gasteiger partial charge in [0, 0.05) is 6.54 Å². The van der Waals surface area contributed by atoms with Crippen molar-refractivity contribution in [2.24, 2.45) is 0 Å².